The molecule has 2 fully saturated rings. The quantitative estimate of drug-likeness (QED) is 0.643. The van der Waals surface area contributed by atoms with Gasteiger partial charge in [-0.25, -0.2) is 8.42 Å². The maximum atomic E-state index is 13.2. The topological polar surface area (TPSA) is 66.9 Å². The van der Waals surface area contributed by atoms with E-state index in [2.05, 4.69) is 6.92 Å². The van der Waals surface area contributed by atoms with Crippen molar-refractivity contribution >= 4 is 15.9 Å². The molecule has 2 heterocycles. The Hall–Kier alpha value is -2.38. The fraction of sp³-hybridized carbons (Fsp3) is 0.480. The molecular formula is C25H32N2O4S. The molecule has 1 unspecified atom stereocenters. The van der Waals surface area contributed by atoms with Crippen molar-refractivity contribution in [3.05, 3.63) is 59.7 Å². The average molecular weight is 457 g/mol. The Labute approximate surface area is 191 Å². The molecule has 2 aliphatic rings. The molecule has 6 nitrogen and oxygen atoms in total. The first-order valence-corrected chi connectivity index (χ1v) is 13.0. The highest BCUT2D eigenvalue weighted by Crippen LogP contribution is 2.34. The minimum Gasteiger partial charge on any atom is -0.494 e. The van der Waals surface area contributed by atoms with Crippen LogP contribution in [0.25, 0.3) is 0 Å². The van der Waals surface area contributed by atoms with Crippen LogP contribution in [0.15, 0.2) is 53.4 Å². The Bertz CT molecular complexity index is 1030. The van der Waals surface area contributed by atoms with Gasteiger partial charge in [0.15, 0.2) is 0 Å². The van der Waals surface area contributed by atoms with Gasteiger partial charge in [-0.1, -0.05) is 19.1 Å². The SMILES string of the molecule is CCOc1ccc(C2CCCN2C(=O)c2ccc(S(=O)(=O)N3CCC(C)CC3)cc2)cc1. The van der Waals surface area contributed by atoms with E-state index in [-0.39, 0.29) is 16.8 Å². The van der Waals surface area contributed by atoms with Gasteiger partial charge in [0.2, 0.25) is 10.0 Å². The summed E-state index contributed by atoms with van der Waals surface area (Å²) in [6, 6.07) is 14.4. The van der Waals surface area contributed by atoms with E-state index in [0.717, 1.165) is 37.0 Å². The molecule has 2 aromatic carbocycles. The highest BCUT2D eigenvalue weighted by Gasteiger charge is 2.32. The third-order valence-corrected chi connectivity index (χ3v) is 8.48. The Morgan fingerprint density at radius 1 is 0.969 bits per heavy atom. The molecule has 4 rings (SSSR count). The van der Waals surface area contributed by atoms with Gasteiger partial charge in [-0.15, -0.1) is 0 Å². The lowest BCUT2D eigenvalue weighted by atomic mass is 10.0. The summed E-state index contributed by atoms with van der Waals surface area (Å²) < 4.78 is 33.0. The van der Waals surface area contributed by atoms with E-state index in [9.17, 15) is 13.2 Å². The second-order valence-corrected chi connectivity index (χ2v) is 10.7. The zero-order chi connectivity index (χ0) is 22.7. The summed E-state index contributed by atoms with van der Waals surface area (Å²) in [4.78, 5) is 15.4. The van der Waals surface area contributed by atoms with E-state index >= 15 is 0 Å². The number of sulfonamides is 1. The van der Waals surface area contributed by atoms with E-state index < -0.39 is 10.0 Å². The van der Waals surface area contributed by atoms with Crippen molar-refractivity contribution in [1.82, 2.24) is 9.21 Å². The molecule has 32 heavy (non-hydrogen) atoms. The van der Waals surface area contributed by atoms with Crippen molar-refractivity contribution < 1.29 is 17.9 Å². The first kappa shape index (κ1) is 22.8. The predicted octanol–water partition coefficient (Wildman–Crippen LogP) is 4.48. The Morgan fingerprint density at radius 3 is 2.25 bits per heavy atom. The van der Waals surface area contributed by atoms with Crippen LogP contribution in [0, 0.1) is 5.92 Å². The van der Waals surface area contributed by atoms with Crippen LogP contribution in [0.5, 0.6) is 5.75 Å². The molecule has 0 radical (unpaired) electrons. The summed E-state index contributed by atoms with van der Waals surface area (Å²) in [6.07, 6.45) is 3.64. The highest BCUT2D eigenvalue weighted by molar-refractivity contribution is 7.89. The van der Waals surface area contributed by atoms with Crippen LogP contribution in [0.4, 0.5) is 0 Å². The smallest absolute Gasteiger partial charge is 0.254 e. The molecule has 172 valence electrons. The number of carbonyl (C=O) groups is 1. The maximum Gasteiger partial charge on any atom is 0.254 e. The van der Waals surface area contributed by atoms with Gasteiger partial charge in [-0.05, 0) is 80.5 Å². The van der Waals surface area contributed by atoms with Crippen LogP contribution in [0.2, 0.25) is 0 Å². The number of likely N-dealkylation sites (tertiary alicyclic amines) is 1. The van der Waals surface area contributed by atoms with Gasteiger partial charge < -0.3 is 9.64 Å². The molecule has 0 spiro atoms. The minimum atomic E-state index is -3.51. The molecule has 0 saturated carbocycles. The van der Waals surface area contributed by atoms with Gasteiger partial charge in [0, 0.05) is 25.2 Å². The number of hydrogen-bond acceptors (Lipinski definition) is 4. The van der Waals surface area contributed by atoms with Crippen molar-refractivity contribution in [2.24, 2.45) is 5.92 Å². The largest absolute Gasteiger partial charge is 0.494 e. The molecule has 0 aliphatic carbocycles. The maximum absolute atomic E-state index is 13.2. The molecule has 2 saturated heterocycles. The van der Waals surface area contributed by atoms with Crippen LogP contribution < -0.4 is 4.74 Å². The van der Waals surface area contributed by atoms with Crippen LogP contribution >= 0.6 is 0 Å². The lowest BCUT2D eigenvalue weighted by Gasteiger charge is -2.29. The Morgan fingerprint density at radius 2 is 1.62 bits per heavy atom. The van der Waals surface area contributed by atoms with Crippen molar-refractivity contribution in [3.63, 3.8) is 0 Å². The van der Waals surface area contributed by atoms with Crippen LogP contribution in [-0.4, -0.2) is 49.8 Å². The normalized spacial score (nSPS) is 20.4. The van der Waals surface area contributed by atoms with E-state index in [1.54, 1.807) is 28.6 Å². The lowest BCUT2D eigenvalue weighted by Crippen LogP contribution is -2.37. The number of carbonyl (C=O) groups excluding carboxylic acids is 1. The lowest BCUT2D eigenvalue weighted by molar-refractivity contribution is 0.0735. The van der Waals surface area contributed by atoms with Crippen molar-refractivity contribution in [2.45, 2.75) is 50.5 Å². The number of nitrogens with zero attached hydrogens (tertiary/aromatic N) is 2. The summed E-state index contributed by atoms with van der Waals surface area (Å²) in [7, 11) is -3.51. The fourth-order valence-electron chi connectivity index (χ4n) is 4.62. The van der Waals surface area contributed by atoms with Crippen LogP contribution in [0.3, 0.4) is 0 Å². The van der Waals surface area contributed by atoms with Gasteiger partial charge in [0.05, 0.1) is 17.5 Å². The first-order valence-electron chi connectivity index (χ1n) is 11.5. The van der Waals surface area contributed by atoms with Crippen LogP contribution in [-0.2, 0) is 10.0 Å². The Kier molecular flexibility index (Phi) is 6.86. The van der Waals surface area contributed by atoms with Gasteiger partial charge in [-0.2, -0.15) is 4.31 Å². The number of piperidine rings is 1. The summed E-state index contributed by atoms with van der Waals surface area (Å²) in [5.74, 6) is 1.33. The molecule has 1 amide bonds. The molecule has 2 aliphatic heterocycles. The summed E-state index contributed by atoms with van der Waals surface area (Å²) in [6.45, 7) is 6.54. The number of hydrogen-bond donors (Lipinski definition) is 0. The zero-order valence-corrected chi connectivity index (χ0v) is 19.7. The van der Waals surface area contributed by atoms with Crippen LogP contribution in [0.1, 0.15) is 61.5 Å². The van der Waals surface area contributed by atoms with E-state index in [0.29, 0.717) is 37.7 Å². The van der Waals surface area contributed by atoms with Gasteiger partial charge >= 0.3 is 0 Å². The highest BCUT2D eigenvalue weighted by atomic mass is 32.2. The monoisotopic (exact) mass is 456 g/mol. The van der Waals surface area contributed by atoms with Crippen molar-refractivity contribution in [3.8, 4) is 5.75 Å². The number of ether oxygens (including phenoxy) is 1. The summed E-state index contributed by atoms with van der Waals surface area (Å²) in [5.41, 5.74) is 1.62. The third-order valence-electron chi connectivity index (χ3n) is 6.57. The Balaban J connectivity index is 1.48. The minimum absolute atomic E-state index is 0.0249. The van der Waals surface area contributed by atoms with E-state index in [4.69, 9.17) is 4.74 Å². The molecule has 2 aromatic rings. The molecule has 1 atom stereocenters. The standard InChI is InChI=1S/C25H32N2O4S/c1-3-31-22-10-6-20(7-11-22)24-5-4-16-27(24)25(28)21-8-12-23(13-9-21)32(29,30)26-17-14-19(2)15-18-26/h6-13,19,24H,3-5,14-18H2,1-2H3. The van der Waals surface area contributed by atoms with Gasteiger partial charge in [0.25, 0.3) is 5.91 Å². The molecule has 0 N–H and O–H groups in total. The van der Waals surface area contributed by atoms with E-state index in [1.165, 1.54) is 0 Å². The third kappa shape index (κ3) is 4.69. The second-order valence-electron chi connectivity index (χ2n) is 8.77. The molecule has 7 heteroatoms. The average Bonchev–Trinajstić information content (AvgIpc) is 3.30. The van der Waals surface area contributed by atoms with Crippen molar-refractivity contribution in [1.29, 1.82) is 0 Å². The summed E-state index contributed by atoms with van der Waals surface area (Å²) >= 11 is 0. The fourth-order valence-corrected chi connectivity index (χ4v) is 6.09. The zero-order valence-electron chi connectivity index (χ0n) is 18.9. The molecule has 0 aromatic heterocycles. The second kappa shape index (κ2) is 9.63. The summed E-state index contributed by atoms with van der Waals surface area (Å²) in [5, 5.41) is 0. The predicted molar refractivity (Wildman–Crippen MR) is 124 cm³/mol. The number of benzene rings is 2. The van der Waals surface area contributed by atoms with Gasteiger partial charge in [0.1, 0.15) is 5.75 Å². The number of rotatable bonds is 6. The molecular weight excluding hydrogens is 424 g/mol. The number of amides is 1. The van der Waals surface area contributed by atoms with Crippen molar-refractivity contribution in [2.75, 3.05) is 26.2 Å². The van der Waals surface area contributed by atoms with E-state index in [1.807, 2.05) is 36.1 Å². The first-order chi connectivity index (χ1) is 15.4. The molecule has 0 bridgehead atoms. The van der Waals surface area contributed by atoms with Gasteiger partial charge in [-0.3, -0.25) is 4.79 Å².